The van der Waals surface area contributed by atoms with E-state index in [1.54, 1.807) is 6.92 Å². The van der Waals surface area contributed by atoms with Gasteiger partial charge >= 0.3 is 0 Å². The summed E-state index contributed by atoms with van der Waals surface area (Å²) in [6.07, 6.45) is -0.274. The van der Waals surface area contributed by atoms with Crippen molar-refractivity contribution in [3.63, 3.8) is 0 Å². The van der Waals surface area contributed by atoms with Crippen LogP contribution in [-0.4, -0.2) is 15.9 Å². The number of aliphatic hydroxyl groups is 1. The van der Waals surface area contributed by atoms with Crippen molar-refractivity contribution in [2.45, 2.75) is 25.9 Å². The van der Waals surface area contributed by atoms with E-state index in [1.807, 2.05) is 0 Å². The third kappa shape index (κ3) is 3.32. The number of phenols is 1. The molecule has 0 unspecified atom stereocenters. The van der Waals surface area contributed by atoms with Gasteiger partial charge in [-0.3, -0.25) is 0 Å². The third-order valence-electron chi connectivity index (χ3n) is 2.13. The highest BCUT2D eigenvalue weighted by Gasteiger charge is 2.13. The molecule has 0 radical (unpaired) electrons. The highest BCUT2D eigenvalue weighted by Crippen LogP contribution is 2.24. The number of halogens is 1. The Labute approximate surface area is 87.7 Å². The summed E-state index contributed by atoms with van der Waals surface area (Å²) in [5, 5.41) is 26.0. The monoisotopic (exact) mass is 210 g/mol. The van der Waals surface area contributed by atoms with Gasteiger partial charge in [-0.2, -0.15) is 0 Å². The van der Waals surface area contributed by atoms with Gasteiger partial charge in [-0.15, -0.1) is 0 Å². The van der Waals surface area contributed by atoms with Crippen molar-refractivity contribution in [1.82, 2.24) is 0 Å². The van der Waals surface area contributed by atoms with Crippen LogP contribution in [0.25, 0.3) is 0 Å². The van der Waals surface area contributed by atoms with Crippen molar-refractivity contribution in [2.24, 2.45) is 0 Å². The Morgan fingerprint density at radius 3 is 2.80 bits per heavy atom. The SMILES string of the molecule is CC(=N)CC[C@H](O)c1cc(O)ccc1[18F]. The van der Waals surface area contributed by atoms with Crippen molar-refractivity contribution >= 4 is 5.71 Å². The summed E-state index contributed by atoms with van der Waals surface area (Å²) in [4.78, 5) is 0. The van der Waals surface area contributed by atoms with Crippen LogP contribution in [0.5, 0.6) is 5.75 Å². The number of rotatable bonds is 4. The quantitative estimate of drug-likeness (QED) is 0.668. The molecule has 0 heterocycles. The van der Waals surface area contributed by atoms with Crippen LogP contribution in [0.3, 0.4) is 0 Å². The van der Waals surface area contributed by atoms with Crippen LogP contribution >= 0.6 is 0 Å². The molecule has 82 valence electrons. The summed E-state index contributed by atoms with van der Waals surface area (Å²) in [5.41, 5.74) is 0.519. The first kappa shape index (κ1) is 11.7. The summed E-state index contributed by atoms with van der Waals surface area (Å²) in [6.45, 7) is 1.63. The molecule has 3 N–H and O–H groups in total. The molecule has 0 fully saturated rings. The summed E-state index contributed by atoms with van der Waals surface area (Å²) in [7, 11) is 0. The number of hydrogen-bond donors (Lipinski definition) is 3. The van der Waals surface area contributed by atoms with Crippen LogP contribution < -0.4 is 0 Å². The molecular weight excluding hydrogens is 196 g/mol. The highest BCUT2D eigenvalue weighted by atomic mass is 18.2. The number of aromatic hydroxyl groups is 1. The summed E-state index contributed by atoms with van der Waals surface area (Å²) >= 11 is 0. The predicted octanol–water partition coefficient (Wildman–Crippen LogP) is 2.38. The number of phenolic OH excluding ortho intramolecular Hbond substituents is 1. The average molecular weight is 210 g/mol. The lowest BCUT2D eigenvalue weighted by molar-refractivity contribution is 0.165. The molecule has 1 rings (SSSR count). The molecule has 0 aromatic heterocycles. The molecule has 15 heavy (non-hydrogen) atoms. The molecule has 0 aliphatic heterocycles. The standard InChI is InChI=1S/C11H14FNO2/c1-7(13)2-5-11(15)9-6-8(14)3-4-10(9)12/h3-4,6,11,13-15H,2,5H2,1H3/t11-/m0/s1/i12-1. The molecule has 0 spiro atoms. The summed E-state index contributed by atoms with van der Waals surface area (Å²) in [5.74, 6) is -0.611. The van der Waals surface area contributed by atoms with Gasteiger partial charge in [0.15, 0.2) is 0 Å². The van der Waals surface area contributed by atoms with E-state index in [1.165, 1.54) is 12.1 Å². The Kier molecular flexibility index (Phi) is 3.80. The van der Waals surface area contributed by atoms with Crippen LogP contribution in [0.15, 0.2) is 18.2 Å². The largest absolute Gasteiger partial charge is 0.508 e. The second-order valence-corrected chi connectivity index (χ2v) is 3.54. The summed E-state index contributed by atoms with van der Waals surface area (Å²) in [6, 6.07) is 3.55. The van der Waals surface area contributed by atoms with Crippen LogP contribution in [0.4, 0.5) is 4.39 Å². The zero-order valence-electron chi connectivity index (χ0n) is 8.50. The highest BCUT2D eigenvalue weighted by molar-refractivity contribution is 5.78. The minimum Gasteiger partial charge on any atom is -0.508 e. The van der Waals surface area contributed by atoms with E-state index in [9.17, 15) is 9.50 Å². The van der Waals surface area contributed by atoms with Crippen molar-refractivity contribution in [2.75, 3.05) is 0 Å². The number of aliphatic hydroxyl groups excluding tert-OH is 1. The van der Waals surface area contributed by atoms with Gasteiger partial charge in [-0.25, -0.2) is 4.39 Å². The molecule has 1 atom stereocenters. The lowest BCUT2D eigenvalue weighted by Gasteiger charge is -2.11. The summed E-state index contributed by atoms with van der Waals surface area (Å²) < 4.78 is 13.2. The topological polar surface area (TPSA) is 64.3 Å². The van der Waals surface area contributed by atoms with Gasteiger partial charge in [0.1, 0.15) is 11.6 Å². The van der Waals surface area contributed by atoms with Gasteiger partial charge in [-0.1, -0.05) is 0 Å². The van der Waals surface area contributed by atoms with E-state index in [-0.39, 0.29) is 17.7 Å². The maximum atomic E-state index is 13.2. The van der Waals surface area contributed by atoms with Crippen molar-refractivity contribution < 1.29 is 14.6 Å². The Bertz CT molecular complexity index is 366. The minimum absolute atomic E-state index is 0.0722. The van der Waals surface area contributed by atoms with Crippen LogP contribution in [0.1, 0.15) is 31.4 Å². The molecule has 0 saturated heterocycles. The Morgan fingerprint density at radius 1 is 1.53 bits per heavy atom. The average Bonchev–Trinajstić information content (AvgIpc) is 2.18. The van der Waals surface area contributed by atoms with E-state index in [2.05, 4.69) is 0 Å². The maximum Gasteiger partial charge on any atom is 0.129 e. The zero-order chi connectivity index (χ0) is 11.4. The Balaban J connectivity index is 2.76. The number of nitrogens with one attached hydrogen (secondary N) is 1. The van der Waals surface area contributed by atoms with E-state index in [4.69, 9.17) is 10.5 Å². The van der Waals surface area contributed by atoms with Crippen LogP contribution in [-0.2, 0) is 0 Å². The van der Waals surface area contributed by atoms with Gasteiger partial charge in [0.05, 0.1) is 6.10 Å². The van der Waals surface area contributed by atoms with Crippen molar-refractivity contribution in [3.8, 4) is 5.75 Å². The molecule has 1 aromatic rings. The molecule has 0 saturated carbocycles. The Morgan fingerprint density at radius 2 is 2.20 bits per heavy atom. The van der Waals surface area contributed by atoms with E-state index < -0.39 is 11.9 Å². The molecule has 0 aliphatic carbocycles. The fraction of sp³-hybridized carbons (Fsp3) is 0.364. The number of hydrogen-bond acceptors (Lipinski definition) is 3. The normalized spacial score (nSPS) is 12.5. The molecular formula is C11H14FNO2. The third-order valence-corrected chi connectivity index (χ3v) is 2.13. The molecule has 3 nitrogen and oxygen atoms in total. The second-order valence-electron chi connectivity index (χ2n) is 3.54. The lowest BCUT2D eigenvalue weighted by Crippen LogP contribution is -2.02. The van der Waals surface area contributed by atoms with Gasteiger partial charge in [0.2, 0.25) is 0 Å². The predicted molar refractivity (Wildman–Crippen MR) is 55.7 cm³/mol. The fourth-order valence-electron chi connectivity index (χ4n) is 1.30. The molecule has 0 bridgehead atoms. The fourth-order valence-corrected chi connectivity index (χ4v) is 1.30. The minimum atomic E-state index is -0.975. The van der Waals surface area contributed by atoms with Gasteiger partial charge in [0, 0.05) is 11.3 Å². The second kappa shape index (κ2) is 4.89. The van der Waals surface area contributed by atoms with Gasteiger partial charge in [-0.05, 0) is 38.0 Å². The lowest BCUT2D eigenvalue weighted by atomic mass is 10.0. The first-order chi connectivity index (χ1) is 7.00. The van der Waals surface area contributed by atoms with E-state index >= 15 is 0 Å². The van der Waals surface area contributed by atoms with Crippen molar-refractivity contribution in [1.29, 1.82) is 5.41 Å². The zero-order valence-corrected chi connectivity index (χ0v) is 8.50. The van der Waals surface area contributed by atoms with Crippen molar-refractivity contribution in [3.05, 3.63) is 29.6 Å². The Hall–Kier alpha value is -1.42. The number of benzene rings is 1. The van der Waals surface area contributed by atoms with Gasteiger partial charge in [0.25, 0.3) is 0 Å². The molecule has 1 aromatic carbocycles. The molecule has 4 heteroatoms. The first-order valence-electron chi connectivity index (χ1n) is 4.71. The van der Waals surface area contributed by atoms with Gasteiger partial charge < -0.3 is 15.6 Å². The van der Waals surface area contributed by atoms with Crippen LogP contribution in [0.2, 0.25) is 0 Å². The van der Waals surface area contributed by atoms with E-state index in [0.717, 1.165) is 6.07 Å². The first-order valence-corrected chi connectivity index (χ1v) is 4.71. The maximum absolute atomic E-state index is 13.2. The van der Waals surface area contributed by atoms with Crippen LogP contribution in [0, 0.1) is 11.2 Å². The van der Waals surface area contributed by atoms with E-state index in [0.29, 0.717) is 12.1 Å². The molecule has 0 aliphatic rings. The smallest absolute Gasteiger partial charge is 0.129 e. The molecule has 0 amide bonds.